The summed E-state index contributed by atoms with van der Waals surface area (Å²) in [5, 5.41) is 0. The molecule has 0 saturated carbocycles. The molecule has 1 aromatic rings. The van der Waals surface area contributed by atoms with Crippen molar-refractivity contribution in [1.29, 1.82) is 0 Å². The van der Waals surface area contributed by atoms with Gasteiger partial charge < -0.3 is 9.64 Å². The summed E-state index contributed by atoms with van der Waals surface area (Å²) in [6, 6.07) is 6.66. The molecule has 1 heterocycles. The van der Waals surface area contributed by atoms with Crippen molar-refractivity contribution in [1.82, 2.24) is 0 Å². The van der Waals surface area contributed by atoms with Gasteiger partial charge in [0.05, 0.1) is 24.4 Å². The van der Waals surface area contributed by atoms with Gasteiger partial charge in [-0.15, -0.1) is 0 Å². The second-order valence-corrected chi connectivity index (χ2v) is 4.06. The monoisotopic (exact) mass is 259 g/mol. The minimum Gasteiger partial charge on any atom is -0.463 e. The van der Waals surface area contributed by atoms with Crippen LogP contribution in [0.1, 0.15) is 17.3 Å². The minimum absolute atomic E-state index is 0.0413. The maximum atomic E-state index is 11.9. The molecule has 98 valence electrons. The summed E-state index contributed by atoms with van der Waals surface area (Å²) in [7, 11) is 0. The van der Waals surface area contributed by atoms with E-state index >= 15 is 0 Å². The molecule has 5 heteroatoms. The van der Waals surface area contributed by atoms with E-state index in [0.29, 0.717) is 11.3 Å². The summed E-state index contributed by atoms with van der Waals surface area (Å²) in [4.78, 5) is 36.3. The Morgan fingerprint density at radius 2 is 2.00 bits per heavy atom. The van der Waals surface area contributed by atoms with Crippen LogP contribution in [0.3, 0.4) is 0 Å². The topological polar surface area (TPSA) is 63.7 Å². The normalized spacial score (nSPS) is 13.4. The lowest BCUT2D eigenvalue weighted by Gasteiger charge is -2.17. The summed E-state index contributed by atoms with van der Waals surface area (Å²) in [6.45, 7) is 5.47. The predicted octanol–water partition coefficient (Wildman–Crippen LogP) is 1.34. The number of esters is 1. The van der Waals surface area contributed by atoms with Crippen molar-refractivity contribution in [2.24, 2.45) is 0 Å². The SMILES string of the molecule is C=C(CN1C(=O)C(=O)c2ccccc21)C(=O)OCC. The van der Waals surface area contributed by atoms with Gasteiger partial charge in [-0.1, -0.05) is 18.7 Å². The average Bonchev–Trinajstić information content (AvgIpc) is 2.65. The van der Waals surface area contributed by atoms with Crippen molar-refractivity contribution >= 4 is 23.3 Å². The van der Waals surface area contributed by atoms with E-state index in [1.54, 1.807) is 31.2 Å². The molecular formula is C14H13NO4. The number of hydrogen-bond donors (Lipinski definition) is 0. The van der Waals surface area contributed by atoms with E-state index in [1.165, 1.54) is 4.90 Å². The van der Waals surface area contributed by atoms with Crippen LogP contribution in [0.15, 0.2) is 36.4 Å². The lowest BCUT2D eigenvalue weighted by Crippen LogP contribution is -2.33. The van der Waals surface area contributed by atoms with Gasteiger partial charge in [0, 0.05) is 5.57 Å². The van der Waals surface area contributed by atoms with Crippen molar-refractivity contribution in [3.63, 3.8) is 0 Å². The fraction of sp³-hybridized carbons (Fsp3) is 0.214. The molecule has 0 N–H and O–H groups in total. The number of benzene rings is 1. The third-order valence-corrected chi connectivity index (χ3v) is 2.79. The second-order valence-electron chi connectivity index (χ2n) is 4.06. The molecule has 1 aliphatic heterocycles. The highest BCUT2D eigenvalue weighted by molar-refractivity contribution is 6.52. The molecule has 0 bridgehead atoms. The Balaban J connectivity index is 2.22. The highest BCUT2D eigenvalue weighted by atomic mass is 16.5. The van der Waals surface area contributed by atoms with Crippen molar-refractivity contribution in [3.8, 4) is 0 Å². The molecule has 0 radical (unpaired) electrons. The molecule has 19 heavy (non-hydrogen) atoms. The van der Waals surface area contributed by atoms with Gasteiger partial charge in [0.1, 0.15) is 0 Å². The van der Waals surface area contributed by atoms with Crippen LogP contribution in [-0.2, 0) is 14.3 Å². The summed E-state index contributed by atoms with van der Waals surface area (Å²) in [6.07, 6.45) is 0. The van der Waals surface area contributed by atoms with Crippen LogP contribution in [0.25, 0.3) is 0 Å². The first-order valence-electron chi connectivity index (χ1n) is 5.86. The smallest absolute Gasteiger partial charge is 0.335 e. The molecule has 1 aliphatic rings. The number of ketones is 1. The molecule has 0 spiro atoms. The molecule has 1 aromatic carbocycles. The first kappa shape index (κ1) is 13.0. The third-order valence-electron chi connectivity index (χ3n) is 2.79. The predicted molar refractivity (Wildman–Crippen MR) is 68.9 cm³/mol. The quantitative estimate of drug-likeness (QED) is 0.465. The van der Waals surface area contributed by atoms with E-state index in [4.69, 9.17) is 4.74 Å². The van der Waals surface area contributed by atoms with Crippen LogP contribution in [-0.4, -0.2) is 30.8 Å². The minimum atomic E-state index is -0.647. The van der Waals surface area contributed by atoms with E-state index < -0.39 is 17.7 Å². The molecular weight excluding hydrogens is 246 g/mol. The van der Waals surface area contributed by atoms with Gasteiger partial charge in [-0.3, -0.25) is 9.59 Å². The number of ether oxygens (including phenoxy) is 1. The maximum Gasteiger partial charge on any atom is 0.335 e. The van der Waals surface area contributed by atoms with Gasteiger partial charge in [0.25, 0.3) is 11.7 Å². The zero-order chi connectivity index (χ0) is 14.0. The molecule has 0 aliphatic carbocycles. The number of Topliss-reactive ketones (excluding diaryl/α,β-unsaturated/α-hetero) is 1. The Morgan fingerprint density at radius 3 is 2.68 bits per heavy atom. The van der Waals surface area contributed by atoms with Crippen molar-refractivity contribution < 1.29 is 19.1 Å². The van der Waals surface area contributed by atoms with E-state index in [9.17, 15) is 14.4 Å². The fourth-order valence-corrected chi connectivity index (χ4v) is 1.89. The van der Waals surface area contributed by atoms with Gasteiger partial charge in [-0.25, -0.2) is 4.79 Å². The third kappa shape index (κ3) is 2.27. The number of fused-ring (bicyclic) bond motifs is 1. The first-order valence-corrected chi connectivity index (χ1v) is 5.86. The number of hydrogen-bond acceptors (Lipinski definition) is 4. The fourth-order valence-electron chi connectivity index (χ4n) is 1.89. The number of nitrogens with zero attached hydrogens (tertiary/aromatic N) is 1. The number of amides is 1. The van der Waals surface area contributed by atoms with Crippen molar-refractivity contribution in [2.75, 3.05) is 18.1 Å². The highest BCUT2D eigenvalue weighted by Crippen LogP contribution is 2.28. The summed E-state index contributed by atoms with van der Waals surface area (Å²) < 4.78 is 4.80. The van der Waals surface area contributed by atoms with E-state index in [1.807, 2.05) is 0 Å². The summed E-state index contributed by atoms with van der Waals surface area (Å²) in [5.41, 5.74) is 0.992. The van der Waals surface area contributed by atoms with E-state index in [0.717, 1.165) is 0 Å². The summed E-state index contributed by atoms with van der Waals surface area (Å²) in [5.74, 6) is -1.77. The Bertz CT molecular complexity index is 577. The van der Waals surface area contributed by atoms with Crippen LogP contribution in [0.2, 0.25) is 0 Å². The molecule has 0 aromatic heterocycles. The van der Waals surface area contributed by atoms with Crippen LogP contribution in [0.4, 0.5) is 5.69 Å². The van der Waals surface area contributed by atoms with Gasteiger partial charge in [-0.2, -0.15) is 0 Å². The van der Waals surface area contributed by atoms with Crippen LogP contribution in [0.5, 0.6) is 0 Å². The van der Waals surface area contributed by atoms with Gasteiger partial charge >= 0.3 is 5.97 Å². The van der Waals surface area contributed by atoms with Crippen LogP contribution < -0.4 is 4.90 Å². The largest absolute Gasteiger partial charge is 0.463 e. The first-order chi connectivity index (χ1) is 9.06. The van der Waals surface area contributed by atoms with Gasteiger partial charge in [0.2, 0.25) is 0 Å². The van der Waals surface area contributed by atoms with Crippen LogP contribution >= 0.6 is 0 Å². The Kier molecular flexibility index (Phi) is 3.46. The molecule has 0 saturated heterocycles. The zero-order valence-electron chi connectivity index (χ0n) is 10.5. The highest BCUT2D eigenvalue weighted by Gasteiger charge is 2.36. The molecule has 0 atom stereocenters. The van der Waals surface area contributed by atoms with E-state index in [-0.39, 0.29) is 18.7 Å². The van der Waals surface area contributed by atoms with Crippen LogP contribution in [0, 0.1) is 0 Å². The lowest BCUT2D eigenvalue weighted by atomic mass is 10.1. The number of anilines is 1. The average molecular weight is 259 g/mol. The maximum absolute atomic E-state index is 11.9. The Morgan fingerprint density at radius 1 is 1.32 bits per heavy atom. The zero-order valence-corrected chi connectivity index (χ0v) is 10.5. The lowest BCUT2D eigenvalue weighted by molar-refractivity contribution is -0.138. The molecule has 0 unspecified atom stereocenters. The number of carbonyl (C=O) groups excluding carboxylic acids is 3. The standard InChI is InChI=1S/C14H13NO4/c1-3-19-14(18)9(2)8-15-11-7-5-4-6-10(11)12(16)13(15)17/h4-7H,2-3,8H2,1H3. The molecule has 1 amide bonds. The summed E-state index contributed by atoms with van der Waals surface area (Å²) >= 11 is 0. The number of para-hydroxylation sites is 1. The van der Waals surface area contributed by atoms with Gasteiger partial charge in [-0.05, 0) is 19.1 Å². The molecule has 5 nitrogen and oxygen atoms in total. The number of carbonyl (C=O) groups is 3. The van der Waals surface area contributed by atoms with Crippen molar-refractivity contribution in [2.45, 2.75) is 6.92 Å². The van der Waals surface area contributed by atoms with E-state index in [2.05, 4.69) is 6.58 Å². The molecule has 2 rings (SSSR count). The van der Waals surface area contributed by atoms with Gasteiger partial charge in [0.15, 0.2) is 0 Å². The number of rotatable bonds is 4. The molecule has 0 fully saturated rings. The van der Waals surface area contributed by atoms with Crippen molar-refractivity contribution in [3.05, 3.63) is 42.0 Å². The Labute approximate surface area is 110 Å². The Hall–Kier alpha value is -2.43. The second kappa shape index (κ2) is 5.06.